The Labute approximate surface area is 141 Å². The minimum Gasteiger partial charge on any atom is -0.361 e. The van der Waals surface area contributed by atoms with E-state index >= 15 is 0 Å². The molecule has 0 aliphatic carbocycles. The fraction of sp³-hybridized carbons (Fsp3) is 0.375. The van der Waals surface area contributed by atoms with E-state index < -0.39 is 15.9 Å². The molecule has 0 aliphatic rings. The van der Waals surface area contributed by atoms with E-state index in [1.54, 1.807) is 32.9 Å². The topological polar surface area (TPSA) is 92.5 Å². The van der Waals surface area contributed by atoms with Gasteiger partial charge in [0.05, 0.1) is 16.5 Å². The zero-order valence-corrected chi connectivity index (χ0v) is 15.1. The van der Waals surface area contributed by atoms with Gasteiger partial charge in [-0.15, -0.1) is 0 Å². The number of hydrogen-bond acceptors (Lipinski definition) is 5. The molecule has 0 saturated carbocycles. The molecule has 2 aromatic rings. The summed E-state index contributed by atoms with van der Waals surface area (Å²) in [6, 6.07) is 6.06. The molecule has 2 rings (SSSR count). The van der Waals surface area contributed by atoms with Gasteiger partial charge in [0.2, 0.25) is 15.9 Å². The van der Waals surface area contributed by atoms with Crippen LogP contribution in [0.3, 0.4) is 0 Å². The molecular formula is C16H21N3O4S. The molecule has 1 atom stereocenters. The Morgan fingerprint density at radius 2 is 1.79 bits per heavy atom. The lowest BCUT2D eigenvalue weighted by atomic mass is 9.98. The molecule has 1 amide bonds. The number of aryl methyl sites for hydroxylation is 2. The summed E-state index contributed by atoms with van der Waals surface area (Å²) >= 11 is 0. The van der Waals surface area contributed by atoms with Crippen LogP contribution in [-0.2, 0) is 14.8 Å². The molecule has 1 heterocycles. The van der Waals surface area contributed by atoms with Crippen molar-refractivity contribution in [3.63, 3.8) is 0 Å². The van der Waals surface area contributed by atoms with Crippen LogP contribution in [0.2, 0.25) is 0 Å². The molecule has 0 fully saturated rings. The third-order valence-electron chi connectivity index (χ3n) is 3.82. The predicted molar refractivity (Wildman–Crippen MR) is 90.3 cm³/mol. The number of nitrogens with zero attached hydrogens (tertiary/aromatic N) is 2. The summed E-state index contributed by atoms with van der Waals surface area (Å²) in [5, 5.41) is 6.63. The van der Waals surface area contributed by atoms with Gasteiger partial charge in [0.15, 0.2) is 0 Å². The summed E-state index contributed by atoms with van der Waals surface area (Å²) in [6.45, 7) is 5.32. The highest BCUT2D eigenvalue weighted by atomic mass is 32.2. The Kier molecular flexibility index (Phi) is 5.10. The van der Waals surface area contributed by atoms with Crippen LogP contribution in [0.5, 0.6) is 0 Å². The van der Waals surface area contributed by atoms with Crippen LogP contribution in [0.25, 0.3) is 0 Å². The molecular weight excluding hydrogens is 330 g/mol. The maximum Gasteiger partial charge on any atom is 0.242 e. The average Bonchev–Trinajstić information content (AvgIpc) is 2.85. The molecule has 1 aromatic heterocycles. The molecule has 130 valence electrons. The van der Waals surface area contributed by atoms with Gasteiger partial charge >= 0.3 is 0 Å². The standard InChI is InChI=1S/C16H21N3O4S/c1-10(15-11(2)18-23-12(15)3)16(20)17-13-6-8-14(9-7-13)24(21,22)19(4)5/h6-10H,1-5H3,(H,17,20). The van der Waals surface area contributed by atoms with Gasteiger partial charge in [0.1, 0.15) is 5.76 Å². The number of sulfonamides is 1. The van der Waals surface area contributed by atoms with E-state index in [0.29, 0.717) is 17.1 Å². The van der Waals surface area contributed by atoms with Crippen molar-refractivity contribution >= 4 is 21.6 Å². The first-order valence-corrected chi connectivity index (χ1v) is 8.85. The molecule has 24 heavy (non-hydrogen) atoms. The fourth-order valence-corrected chi connectivity index (χ4v) is 3.31. The van der Waals surface area contributed by atoms with Crippen LogP contribution in [0.4, 0.5) is 5.69 Å². The van der Waals surface area contributed by atoms with Gasteiger partial charge in [0, 0.05) is 25.3 Å². The van der Waals surface area contributed by atoms with E-state index in [9.17, 15) is 13.2 Å². The fourth-order valence-electron chi connectivity index (χ4n) is 2.41. The quantitative estimate of drug-likeness (QED) is 0.892. The summed E-state index contributed by atoms with van der Waals surface area (Å²) < 4.78 is 30.3. The molecule has 1 N–H and O–H groups in total. The van der Waals surface area contributed by atoms with Crippen molar-refractivity contribution in [2.45, 2.75) is 31.6 Å². The largest absolute Gasteiger partial charge is 0.361 e. The molecule has 0 spiro atoms. The van der Waals surface area contributed by atoms with E-state index in [2.05, 4.69) is 10.5 Å². The zero-order chi connectivity index (χ0) is 18.1. The first kappa shape index (κ1) is 18.2. The molecule has 8 heteroatoms. The van der Waals surface area contributed by atoms with Crippen LogP contribution < -0.4 is 5.32 Å². The zero-order valence-electron chi connectivity index (χ0n) is 14.3. The SMILES string of the molecule is Cc1noc(C)c1C(C)C(=O)Nc1ccc(S(=O)(=O)N(C)C)cc1. The third-order valence-corrected chi connectivity index (χ3v) is 5.64. The summed E-state index contributed by atoms with van der Waals surface area (Å²) in [5.41, 5.74) is 1.97. The van der Waals surface area contributed by atoms with Gasteiger partial charge in [-0.3, -0.25) is 4.79 Å². The Morgan fingerprint density at radius 1 is 1.21 bits per heavy atom. The molecule has 1 unspecified atom stereocenters. The Morgan fingerprint density at radius 3 is 2.25 bits per heavy atom. The second-order valence-corrected chi connectivity index (χ2v) is 7.91. The van der Waals surface area contributed by atoms with Crippen LogP contribution in [-0.4, -0.2) is 37.9 Å². The number of carbonyl (C=O) groups is 1. The molecule has 1 aromatic carbocycles. The highest BCUT2D eigenvalue weighted by molar-refractivity contribution is 7.89. The number of rotatable bonds is 5. The Bertz CT molecular complexity index is 819. The van der Waals surface area contributed by atoms with Crippen molar-refractivity contribution in [2.24, 2.45) is 0 Å². The van der Waals surface area contributed by atoms with Crippen molar-refractivity contribution in [2.75, 3.05) is 19.4 Å². The van der Waals surface area contributed by atoms with Crippen molar-refractivity contribution in [3.8, 4) is 0 Å². The number of aromatic nitrogens is 1. The van der Waals surface area contributed by atoms with E-state index in [4.69, 9.17) is 4.52 Å². The van der Waals surface area contributed by atoms with Crippen molar-refractivity contribution in [3.05, 3.63) is 41.3 Å². The van der Waals surface area contributed by atoms with Gasteiger partial charge in [-0.1, -0.05) is 5.16 Å². The predicted octanol–water partition coefficient (Wildman–Crippen LogP) is 2.28. The van der Waals surface area contributed by atoms with Crippen LogP contribution in [0, 0.1) is 13.8 Å². The molecule has 0 aliphatic heterocycles. The summed E-state index contributed by atoms with van der Waals surface area (Å²) in [4.78, 5) is 12.6. The maximum atomic E-state index is 12.4. The normalized spacial score (nSPS) is 13.1. The average molecular weight is 351 g/mol. The summed E-state index contributed by atoms with van der Waals surface area (Å²) in [5.74, 6) is -0.0309. The van der Waals surface area contributed by atoms with E-state index in [1.807, 2.05) is 0 Å². The van der Waals surface area contributed by atoms with E-state index in [-0.39, 0.29) is 10.8 Å². The van der Waals surface area contributed by atoms with Crippen molar-refractivity contribution in [1.29, 1.82) is 0 Å². The number of hydrogen-bond donors (Lipinski definition) is 1. The lowest BCUT2D eigenvalue weighted by molar-refractivity contribution is -0.117. The minimum atomic E-state index is -3.49. The maximum absolute atomic E-state index is 12.4. The molecule has 7 nitrogen and oxygen atoms in total. The minimum absolute atomic E-state index is 0.171. The van der Waals surface area contributed by atoms with E-state index in [0.717, 1.165) is 9.87 Å². The Hall–Kier alpha value is -2.19. The molecule has 0 bridgehead atoms. The monoisotopic (exact) mass is 351 g/mol. The first-order chi connectivity index (χ1) is 11.1. The lowest BCUT2D eigenvalue weighted by Crippen LogP contribution is -2.22. The van der Waals surface area contributed by atoms with Crippen molar-refractivity contribution < 1.29 is 17.7 Å². The third kappa shape index (κ3) is 3.49. The van der Waals surface area contributed by atoms with Gasteiger partial charge in [0.25, 0.3) is 0 Å². The number of benzene rings is 1. The van der Waals surface area contributed by atoms with Crippen molar-refractivity contribution in [1.82, 2.24) is 9.46 Å². The smallest absolute Gasteiger partial charge is 0.242 e. The van der Waals surface area contributed by atoms with Gasteiger partial charge in [-0.25, -0.2) is 12.7 Å². The number of anilines is 1. The van der Waals surface area contributed by atoms with Gasteiger partial charge < -0.3 is 9.84 Å². The lowest BCUT2D eigenvalue weighted by Gasteiger charge is -2.14. The van der Waals surface area contributed by atoms with Crippen LogP contribution >= 0.6 is 0 Å². The number of nitrogens with one attached hydrogen (secondary N) is 1. The van der Waals surface area contributed by atoms with Crippen LogP contribution in [0.1, 0.15) is 29.9 Å². The van der Waals surface area contributed by atoms with Crippen LogP contribution in [0.15, 0.2) is 33.7 Å². The summed E-state index contributed by atoms with van der Waals surface area (Å²) in [7, 11) is -0.548. The Balaban J connectivity index is 2.16. The number of amides is 1. The second-order valence-electron chi connectivity index (χ2n) is 5.76. The van der Waals surface area contributed by atoms with Gasteiger partial charge in [-0.2, -0.15) is 0 Å². The summed E-state index contributed by atoms with van der Waals surface area (Å²) in [6.07, 6.45) is 0. The highest BCUT2D eigenvalue weighted by Crippen LogP contribution is 2.25. The van der Waals surface area contributed by atoms with Gasteiger partial charge in [-0.05, 0) is 45.0 Å². The number of carbonyl (C=O) groups excluding carboxylic acids is 1. The second kappa shape index (κ2) is 6.74. The highest BCUT2D eigenvalue weighted by Gasteiger charge is 2.23. The molecule has 0 saturated heterocycles. The molecule has 0 radical (unpaired) electrons. The first-order valence-electron chi connectivity index (χ1n) is 7.40. The van der Waals surface area contributed by atoms with E-state index in [1.165, 1.54) is 26.2 Å².